The maximum atomic E-state index is 12.0. The molecular weight excluding hydrogens is 247 g/mol. The van der Waals surface area contributed by atoms with Crippen molar-refractivity contribution in [3.05, 3.63) is 11.8 Å². The molecule has 6 heteroatoms. The lowest BCUT2D eigenvalue weighted by Crippen LogP contribution is -2.37. The molecular formula is C12H20F3NO2. The minimum Gasteiger partial charge on any atom is -0.501 e. The molecule has 106 valence electrons. The fourth-order valence-corrected chi connectivity index (χ4v) is 1.75. The number of hydrogen-bond acceptors (Lipinski definition) is 3. The van der Waals surface area contributed by atoms with Crippen molar-refractivity contribution in [3.63, 3.8) is 0 Å². The number of nitrogens with one attached hydrogen (secondary N) is 1. The van der Waals surface area contributed by atoms with Gasteiger partial charge in [-0.05, 0) is 31.4 Å². The highest BCUT2D eigenvalue weighted by Gasteiger charge is 2.28. The van der Waals surface area contributed by atoms with Crippen LogP contribution in [0.3, 0.4) is 0 Å². The first kappa shape index (κ1) is 15.3. The van der Waals surface area contributed by atoms with Crippen molar-refractivity contribution < 1.29 is 22.6 Å². The van der Waals surface area contributed by atoms with E-state index in [9.17, 15) is 13.2 Å². The topological polar surface area (TPSA) is 30.5 Å². The van der Waals surface area contributed by atoms with Crippen molar-refractivity contribution >= 4 is 0 Å². The van der Waals surface area contributed by atoms with Crippen molar-refractivity contribution in [1.82, 2.24) is 5.32 Å². The summed E-state index contributed by atoms with van der Waals surface area (Å²) in [5.41, 5.74) is 0.983. The van der Waals surface area contributed by atoms with Gasteiger partial charge < -0.3 is 14.8 Å². The maximum Gasteiger partial charge on any atom is 0.411 e. The third-order valence-electron chi connectivity index (χ3n) is 2.60. The van der Waals surface area contributed by atoms with Gasteiger partial charge in [0.15, 0.2) is 0 Å². The van der Waals surface area contributed by atoms with Crippen molar-refractivity contribution in [2.45, 2.75) is 38.4 Å². The molecule has 1 atom stereocenters. The van der Waals surface area contributed by atoms with Crippen LogP contribution in [0.2, 0.25) is 0 Å². The molecule has 1 N–H and O–H groups in total. The summed E-state index contributed by atoms with van der Waals surface area (Å²) in [5.74, 6) is 0. The first-order valence-corrected chi connectivity index (χ1v) is 6.21. The third-order valence-corrected chi connectivity index (χ3v) is 2.60. The van der Waals surface area contributed by atoms with Crippen molar-refractivity contribution in [3.8, 4) is 0 Å². The molecule has 0 spiro atoms. The van der Waals surface area contributed by atoms with E-state index in [-0.39, 0.29) is 12.6 Å². The minimum absolute atomic E-state index is 0.0225. The van der Waals surface area contributed by atoms with Crippen LogP contribution in [-0.4, -0.2) is 38.6 Å². The highest BCUT2D eigenvalue weighted by molar-refractivity contribution is 5.10. The van der Waals surface area contributed by atoms with E-state index in [1.165, 1.54) is 0 Å². The number of hydrogen-bond donors (Lipinski definition) is 1. The SMILES string of the molecule is CCCNC(COCC(F)(F)F)C1=COCCC1. The summed E-state index contributed by atoms with van der Waals surface area (Å²) in [6, 6.07) is -0.187. The lowest BCUT2D eigenvalue weighted by atomic mass is 10.0. The molecule has 0 amide bonds. The minimum atomic E-state index is -4.27. The molecule has 0 aliphatic carbocycles. The zero-order chi connectivity index (χ0) is 13.4. The number of rotatable bonds is 7. The molecule has 18 heavy (non-hydrogen) atoms. The molecule has 0 radical (unpaired) electrons. The van der Waals surface area contributed by atoms with Crippen LogP contribution in [0.25, 0.3) is 0 Å². The van der Waals surface area contributed by atoms with Crippen molar-refractivity contribution in [2.24, 2.45) is 0 Å². The fourth-order valence-electron chi connectivity index (χ4n) is 1.75. The molecule has 0 bridgehead atoms. The summed E-state index contributed by atoms with van der Waals surface area (Å²) in [5, 5.41) is 3.18. The van der Waals surface area contributed by atoms with Gasteiger partial charge in [-0.1, -0.05) is 6.92 Å². The fraction of sp³-hybridized carbons (Fsp3) is 0.833. The van der Waals surface area contributed by atoms with Gasteiger partial charge in [0, 0.05) is 0 Å². The molecule has 1 rings (SSSR count). The second kappa shape index (κ2) is 7.63. The Hall–Kier alpha value is -0.750. The van der Waals surface area contributed by atoms with Gasteiger partial charge in [-0.2, -0.15) is 13.2 Å². The Bertz CT molecular complexity index is 267. The Labute approximate surface area is 105 Å². The molecule has 1 unspecified atom stereocenters. The van der Waals surface area contributed by atoms with E-state index in [1.54, 1.807) is 6.26 Å². The molecule has 0 aromatic rings. The maximum absolute atomic E-state index is 12.0. The first-order valence-electron chi connectivity index (χ1n) is 6.21. The Kier molecular flexibility index (Phi) is 6.49. The second-order valence-electron chi connectivity index (χ2n) is 4.30. The summed E-state index contributed by atoms with van der Waals surface area (Å²) in [7, 11) is 0. The largest absolute Gasteiger partial charge is 0.501 e. The summed E-state index contributed by atoms with van der Waals surface area (Å²) in [4.78, 5) is 0. The Morgan fingerprint density at radius 1 is 1.50 bits per heavy atom. The average molecular weight is 267 g/mol. The molecule has 1 aliphatic heterocycles. The highest BCUT2D eigenvalue weighted by atomic mass is 19.4. The predicted molar refractivity (Wildman–Crippen MR) is 62.2 cm³/mol. The van der Waals surface area contributed by atoms with Crippen LogP contribution in [0.1, 0.15) is 26.2 Å². The number of halogens is 3. The standard InChI is InChI=1S/C12H20F3NO2/c1-2-5-16-11(8-18-9-12(13,14)15)10-4-3-6-17-7-10/h7,11,16H,2-6,8-9H2,1H3. The van der Waals surface area contributed by atoms with Gasteiger partial charge in [0.05, 0.1) is 25.5 Å². The van der Waals surface area contributed by atoms with Crippen LogP contribution in [0.4, 0.5) is 13.2 Å². The van der Waals surface area contributed by atoms with E-state index in [0.717, 1.165) is 31.4 Å². The monoisotopic (exact) mass is 267 g/mol. The summed E-state index contributed by atoms with van der Waals surface area (Å²) < 4.78 is 46.0. The number of ether oxygens (including phenoxy) is 2. The number of alkyl halides is 3. The molecule has 1 aliphatic rings. The van der Waals surface area contributed by atoms with Crippen LogP contribution in [-0.2, 0) is 9.47 Å². The van der Waals surface area contributed by atoms with Gasteiger partial charge in [0.1, 0.15) is 6.61 Å². The van der Waals surface area contributed by atoms with Gasteiger partial charge in [-0.3, -0.25) is 0 Å². The first-order chi connectivity index (χ1) is 8.53. The lowest BCUT2D eigenvalue weighted by Gasteiger charge is -2.24. The smallest absolute Gasteiger partial charge is 0.411 e. The van der Waals surface area contributed by atoms with Gasteiger partial charge in [0.25, 0.3) is 0 Å². The Morgan fingerprint density at radius 2 is 2.28 bits per heavy atom. The van der Waals surface area contributed by atoms with Gasteiger partial charge in [0.2, 0.25) is 0 Å². The third kappa shape index (κ3) is 6.26. The zero-order valence-corrected chi connectivity index (χ0v) is 10.6. The Morgan fingerprint density at radius 3 is 2.83 bits per heavy atom. The van der Waals surface area contributed by atoms with Crippen LogP contribution in [0.15, 0.2) is 11.8 Å². The van der Waals surface area contributed by atoms with E-state index in [1.807, 2.05) is 6.92 Å². The summed E-state index contributed by atoms with van der Waals surface area (Å²) >= 11 is 0. The van der Waals surface area contributed by atoms with E-state index in [4.69, 9.17) is 9.47 Å². The molecule has 0 saturated heterocycles. The van der Waals surface area contributed by atoms with E-state index in [2.05, 4.69) is 5.32 Å². The van der Waals surface area contributed by atoms with Crippen LogP contribution in [0, 0.1) is 0 Å². The van der Waals surface area contributed by atoms with Gasteiger partial charge in [-0.15, -0.1) is 0 Å². The molecule has 0 aromatic heterocycles. The molecule has 0 saturated carbocycles. The predicted octanol–water partition coefficient (Wildman–Crippen LogP) is 2.63. The van der Waals surface area contributed by atoms with E-state index in [0.29, 0.717) is 6.61 Å². The lowest BCUT2D eigenvalue weighted by molar-refractivity contribution is -0.174. The van der Waals surface area contributed by atoms with Crippen LogP contribution in [0.5, 0.6) is 0 Å². The van der Waals surface area contributed by atoms with Crippen LogP contribution < -0.4 is 5.32 Å². The molecule has 3 nitrogen and oxygen atoms in total. The summed E-state index contributed by atoms with van der Waals surface area (Å²) in [6.45, 7) is 2.25. The quantitative estimate of drug-likeness (QED) is 0.769. The van der Waals surface area contributed by atoms with Gasteiger partial charge in [-0.25, -0.2) is 0 Å². The Balaban J connectivity index is 2.42. The molecule has 0 aromatic carbocycles. The van der Waals surface area contributed by atoms with Crippen molar-refractivity contribution in [1.29, 1.82) is 0 Å². The van der Waals surface area contributed by atoms with Crippen molar-refractivity contribution in [2.75, 3.05) is 26.4 Å². The highest BCUT2D eigenvalue weighted by Crippen LogP contribution is 2.18. The van der Waals surface area contributed by atoms with Crippen LogP contribution >= 0.6 is 0 Å². The molecule has 0 fully saturated rings. The van der Waals surface area contributed by atoms with E-state index < -0.39 is 12.8 Å². The molecule has 1 heterocycles. The zero-order valence-electron chi connectivity index (χ0n) is 10.6. The second-order valence-corrected chi connectivity index (χ2v) is 4.30. The summed E-state index contributed by atoms with van der Waals surface area (Å²) in [6.07, 6.45) is 0.0383. The van der Waals surface area contributed by atoms with Gasteiger partial charge >= 0.3 is 6.18 Å². The van der Waals surface area contributed by atoms with E-state index >= 15 is 0 Å². The normalized spacial score (nSPS) is 18.1. The average Bonchev–Trinajstić information content (AvgIpc) is 2.33.